The topological polar surface area (TPSA) is 169 Å². The van der Waals surface area contributed by atoms with Crippen LogP contribution in [0.3, 0.4) is 0 Å². The van der Waals surface area contributed by atoms with Gasteiger partial charge < -0.3 is 47.8 Å². The van der Waals surface area contributed by atoms with Crippen LogP contribution in [0.25, 0.3) is 11.0 Å². The van der Waals surface area contributed by atoms with Gasteiger partial charge in [-0.3, -0.25) is 4.57 Å². The monoisotopic (exact) mass is 861 g/mol. The molecule has 312 valence electrons. The zero-order valence-corrected chi connectivity index (χ0v) is 36.0. The number of anilines is 1. The van der Waals surface area contributed by atoms with E-state index in [9.17, 15) is 14.8 Å². The maximum Gasteiger partial charge on any atom is 0.341 e. The Morgan fingerprint density at radius 3 is 2.14 bits per heavy atom. The SMILES string of the molecule is C#CCOCCOCCOCCOCCN(Cc1ccccc1Cl)c1nc(Cl)nc2c1cnn2[C@@H]1O[C@H](CSCP(=O)(OC(C)(C)C)OC(C)(C)C)[C@@H](O)[C@H]1O. The average Bonchev–Trinajstić information content (AvgIpc) is 3.64. The summed E-state index contributed by atoms with van der Waals surface area (Å²) in [5.41, 5.74) is -0.273. The Labute approximate surface area is 343 Å². The molecule has 1 fully saturated rings. The van der Waals surface area contributed by atoms with E-state index in [0.717, 1.165) is 5.56 Å². The first-order chi connectivity index (χ1) is 26.5. The van der Waals surface area contributed by atoms with Crippen molar-refractivity contribution in [1.29, 1.82) is 0 Å². The Bertz CT molecular complexity index is 1750. The van der Waals surface area contributed by atoms with Crippen LogP contribution < -0.4 is 4.90 Å². The fourth-order valence-electron chi connectivity index (χ4n) is 5.63. The highest BCUT2D eigenvalue weighted by atomic mass is 35.5. The van der Waals surface area contributed by atoms with Gasteiger partial charge in [0.25, 0.3) is 0 Å². The van der Waals surface area contributed by atoms with E-state index in [4.69, 9.17) is 62.4 Å². The quantitative estimate of drug-likeness (QED) is 0.0495. The van der Waals surface area contributed by atoms with Gasteiger partial charge in [-0.05, 0) is 64.8 Å². The van der Waals surface area contributed by atoms with Gasteiger partial charge in [0.1, 0.15) is 24.6 Å². The Morgan fingerprint density at radius 1 is 0.929 bits per heavy atom. The van der Waals surface area contributed by atoms with Crippen molar-refractivity contribution in [2.75, 3.05) is 75.5 Å². The molecule has 0 unspecified atom stereocenters. The Morgan fingerprint density at radius 2 is 1.54 bits per heavy atom. The van der Waals surface area contributed by atoms with Crippen LogP contribution in [-0.2, 0) is 43.8 Å². The molecule has 0 bridgehead atoms. The van der Waals surface area contributed by atoms with E-state index >= 15 is 0 Å². The number of nitrogens with zero attached hydrogens (tertiary/aromatic N) is 5. The van der Waals surface area contributed by atoms with Crippen molar-refractivity contribution < 1.29 is 47.5 Å². The van der Waals surface area contributed by atoms with E-state index in [1.807, 2.05) is 29.2 Å². The number of hydrogen-bond donors (Lipinski definition) is 2. The molecule has 4 rings (SSSR count). The van der Waals surface area contributed by atoms with Gasteiger partial charge in [0.15, 0.2) is 11.9 Å². The van der Waals surface area contributed by atoms with Crippen LogP contribution in [-0.4, -0.2) is 130 Å². The lowest BCUT2D eigenvalue weighted by Crippen LogP contribution is -2.33. The highest BCUT2D eigenvalue weighted by Gasteiger charge is 2.45. The van der Waals surface area contributed by atoms with Crippen LogP contribution in [0.1, 0.15) is 53.3 Å². The van der Waals surface area contributed by atoms with E-state index in [1.165, 1.54) is 16.4 Å². The predicted octanol–water partition coefficient (Wildman–Crippen LogP) is 5.97. The highest BCUT2D eigenvalue weighted by Crippen LogP contribution is 2.56. The molecule has 15 nitrogen and oxygen atoms in total. The summed E-state index contributed by atoms with van der Waals surface area (Å²) in [6, 6.07) is 7.48. The first-order valence-corrected chi connectivity index (χ1v) is 21.9. The number of benzene rings is 1. The van der Waals surface area contributed by atoms with E-state index in [2.05, 4.69) is 21.0 Å². The molecule has 3 aromatic rings. The average molecular weight is 863 g/mol. The predicted molar refractivity (Wildman–Crippen MR) is 217 cm³/mol. The van der Waals surface area contributed by atoms with Crippen molar-refractivity contribution in [2.24, 2.45) is 0 Å². The fraction of sp³-hybridized carbons (Fsp3) is 0.649. The molecular formula is C37H54Cl2N5O10PS. The summed E-state index contributed by atoms with van der Waals surface area (Å²) in [5, 5.41) is 27.8. The van der Waals surface area contributed by atoms with Crippen molar-refractivity contribution in [3.63, 3.8) is 0 Å². The van der Waals surface area contributed by atoms with Gasteiger partial charge in [-0.1, -0.05) is 35.7 Å². The number of fused-ring (bicyclic) bond motifs is 1. The number of thioether (sulfide) groups is 1. The molecule has 0 aliphatic carbocycles. The summed E-state index contributed by atoms with van der Waals surface area (Å²) in [4.78, 5) is 11.0. The number of rotatable bonds is 23. The molecule has 0 spiro atoms. The zero-order chi connectivity index (χ0) is 40.9. The van der Waals surface area contributed by atoms with E-state index in [1.54, 1.807) is 47.7 Å². The van der Waals surface area contributed by atoms with E-state index in [-0.39, 0.29) is 28.8 Å². The Kier molecular flexibility index (Phi) is 18.1. The van der Waals surface area contributed by atoms with Gasteiger partial charge in [-0.2, -0.15) is 15.1 Å². The number of terminal acetylenes is 1. The van der Waals surface area contributed by atoms with Crippen LogP contribution in [0.4, 0.5) is 5.82 Å². The van der Waals surface area contributed by atoms with Crippen molar-refractivity contribution in [3.8, 4) is 12.3 Å². The molecule has 3 heterocycles. The molecule has 2 aromatic heterocycles. The first kappa shape index (κ1) is 46.6. The van der Waals surface area contributed by atoms with Crippen LogP contribution in [0.5, 0.6) is 0 Å². The van der Waals surface area contributed by atoms with Gasteiger partial charge >= 0.3 is 7.60 Å². The van der Waals surface area contributed by atoms with Gasteiger partial charge in [0, 0.05) is 23.9 Å². The molecule has 1 aliphatic heterocycles. The fourth-order valence-corrected chi connectivity index (χ4v) is 9.93. The standard InChI is InChI=1S/C37H54Cl2N5O10PS/c1-8-14-48-16-18-50-20-21-51-19-17-49-15-13-43(23-26-11-9-10-12-28(26)38)32-27-22-40-44(33(27)42-35(39)41-32)34-31(46)30(45)29(52-34)24-56-25-55(47,53-36(2,3)4)54-37(5,6)7/h1,9-12,22,29-31,34,45-46H,13-21,23-25H2,2-7H3/t29-,30-,31-,34-/m1/s1. The number of aliphatic hydroxyl groups is 2. The summed E-state index contributed by atoms with van der Waals surface area (Å²) >= 11 is 14.3. The molecule has 1 aromatic carbocycles. The van der Waals surface area contributed by atoms with Crippen LogP contribution >= 0.6 is 42.6 Å². The maximum absolute atomic E-state index is 13.7. The molecule has 0 saturated carbocycles. The van der Waals surface area contributed by atoms with Crippen LogP contribution in [0.15, 0.2) is 30.5 Å². The highest BCUT2D eigenvalue weighted by molar-refractivity contribution is 8.04. The molecule has 4 atom stereocenters. The van der Waals surface area contributed by atoms with Gasteiger partial charge in [-0.15, -0.1) is 18.2 Å². The van der Waals surface area contributed by atoms with Crippen LogP contribution in [0.2, 0.25) is 10.3 Å². The Hall–Kier alpha value is -2.07. The van der Waals surface area contributed by atoms with Crippen LogP contribution in [0, 0.1) is 12.3 Å². The van der Waals surface area contributed by atoms with Crippen molar-refractivity contribution >= 4 is 59.4 Å². The minimum atomic E-state index is -3.55. The smallest absolute Gasteiger partial charge is 0.341 e. The zero-order valence-electron chi connectivity index (χ0n) is 32.8. The summed E-state index contributed by atoms with van der Waals surface area (Å²) in [5.74, 6) is 3.05. The third-order valence-electron chi connectivity index (χ3n) is 7.77. The molecule has 56 heavy (non-hydrogen) atoms. The number of halogens is 2. The van der Waals surface area contributed by atoms with Gasteiger partial charge in [0.2, 0.25) is 5.28 Å². The Balaban J connectivity index is 1.43. The van der Waals surface area contributed by atoms with E-state index in [0.29, 0.717) is 75.6 Å². The molecule has 19 heteroatoms. The largest absolute Gasteiger partial charge is 0.387 e. The molecular weight excluding hydrogens is 808 g/mol. The lowest BCUT2D eigenvalue weighted by Gasteiger charge is -2.32. The summed E-state index contributed by atoms with van der Waals surface area (Å²) < 4.78 is 55.2. The van der Waals surface area contributed by atoms with E-state index < -0.39 is 43.3 Å². The maximum atomic E-state index is 13.7. The summed E-state index contributed by atoms with van der Waals surface area (Å²) in [7, 11) is -3.55. The van der Waals surface area contributed by atoms with Crippen molar-refractivity contribution in [2.45, 2.75) is 83.8 Å². The molecule has 1 saturated heterocycles. The first-order valence-electron chi connectivity index (χ1n) is 18.2. The normalized spacial score (nSPS) is 19.2. The van der Waals surface area contributed by atoms with Crippen molar-refractivity contribution in [3.05, 3.63) is 46.3 Å². The molecule has 0 radical (unpaired) electrons. The lowest BCUT2D eigenvalue weighted by molar-refractivity contribution is -0.0361. The van der Waals surface area contributed by atoms with Crippen molar-refractivity contribution in [1.82, 2.24) is 19.7 Å². The second kappa shape index (κ2) is 21.8. The minimum absolute atomic E-state index is 0.0174. The number of aliphatic hydroxyl groups excluding tert-OH is 2. The number of ether oxygens (including phenoxy) is 5. The van der Waals surface area contributed by atoms with Gasteiger partial charge in [0.05, 0.1) is 80.6 Å². The molecule has 0 amide bonds. The second-order valence-electron chi connectivity index (χ2n) is 14.8. The van der Waals surface area contributed by atoms with Gasteiger partial charge in [-0.25, -0.2) is 4.68 Å². The second-order valence-corrected chi connectivity index (χ2v) is 18.9. The summed E-state index contributed by atoms with van der Waals surface area (Å²) in [6.07, 6.45) is 2.13. The molecule has 2 N–H and O–H groups in total. The third kappa shape index (κ3) is 14.6. The minimum Gasteiger partial charge on any atom is -0.387 e. The summed E-state index contributed by atoms with van der Waals surface area (Å²) in [6.45, 7) is 14.6. The third-order valence-corrected chi connectivity index (χ3v) is 12.5. The lowest BCUT2D eigenvalue weighted by atomic mass is 10.1. The number of aromatic nitrogens is 4. The molecule has 1 aliphatic rings. The number of hydrogen-bond acceptors (Lipinski definition) is 15.